The highest BCUT2D eigenvalue weighted by atomic mass is 32.2. The molecule has 0 heterocycles. The summed E-state index contributed by atoms with van der Waals surface area (Å²) in [7, 11) is -3.54. The minimum Gasteiger partial charge on any atom is -0.354 e. The quantitative estimate of drug-likeness (QED) is 0.283. The molecule has 3 aromatic rings. The zero-order valence-corrected chi connectivity index (χ0v) is 25.7. The van der Waals surface area contributed by atoms with Gasteiger partial charge in [-0.15, -0.1) is 0 Å². The van der Waals surface area contributed by atoms with Crippen LogP contribution >= 0.6 is 0 Å². The normalized spacial score (nSPS) is 12.1. The predicted molar refractivity (Wildman–Crippen MR) is 166 cm³/mol. The Balaban J connectivity index is 1.88. The number of nitrogens with zero attached hydrogens (tertiary/aromatic N) is 2. The lowest BCUT2D eigenvalue weighted by Gasteiger charge is -2.32. The van der Waals surface area contributed by atoms with Crippen molar-refractivity contribution in [2.45, 2.75) is 59.5 Å². The number of carbonyl (C=O) groups excluding carboxylic acids is 2. The van der Waals surface area contributed by atoms with Crippen molar-refractivity contribution in [2.75, 3.05) is 23.7 Å². The number of sulfonamides is 1. The van der Waals surface area contributed by atoms with Crippen molar-refractivity contribution in [3.8, 4) is 0 Å². The van der Waals surface area contributed by atoms with Gasteiger partial charge in [0.15, 0.2) is 0 Å². The van der Waals surface area contributed by atoms with Crippen LogP contribution in [0.25, 0.3) is 0 Å². The third kappa shape index (κ3) is 9.74. The largest absolute Gasteiger partial charge is 0.354 e. The molecule has 2 amide bonds. The third-order valence-electron chi connectivity index (χ3n) is 7.03. The molecule has 0 saturated heterocycles. The van der Waals surface area contributed by atoms with E-state index in [0.29, 0.717) is 25.1 Å². The summed E-state index contributed by atoms with van der Waals surface area (Å²) in [6.45, 7) is 8.96. The lowest BCUT2D eigenvalue weighted by atomic mass is 10.0. The summed E-state index contributed by atoms with van der Waals surface area (Å²) in [5.74, 6) is -0.117. The SMILES string of the molecule is Cc1ccc(N(CCCC(=O)N(Cc2ccccc2C)[C@H](Cc2ccccc2)C(=O)NCC(C)C)S(C)(=O)=O)cc1. The Hall–Kier alpha value is -3.65. The first-order chi connectivity index (χ1) is 19.5. The van der Waals surface area contributed by atoms with Gasteiger partial charge < -0.3 is 10.2 Å². The molecule has 0 aliphatic carbocycles. The number of benzene rings is 3. The van der Waals surface area contributed by atoms with E-state index in [0.717, 1.165) is 22.3 Å². The number of aryl methyl sites for hydroxylation is 2. The Morgan fingerprint density at radius 2 is 1.51 bits per heavy atom. The Labute approximate surface area is 245 Å². The maximum atomic E-state index is 13.9. The first kappa shape index (κ1) is 31.9. The van der Waals surface area contributed by atoms with Crippen molar-refractivity contribution in [3.63, 3.8) is 0 Å². The third-order valence-corrected chi connectivity index (χ3v) is 8.23. The molecule has 0 saturated carbocycles. The van der Waals surface area contributed by atoms with Gasteiger partial charge in [0.2, 0.25) is 21.8 Å². The number of anilines is 1. The van der Waals surface area contributed by atoms with E-state index < -0.39 is 16.1 Å². The van der Waals surface area contributed by atoms with E-state index in [4.69, 9.17) is 0 Å². The fourth-order valence-corrected chi connectivity index (χ4v) is 5.63. The van der Waals surface area contributed by atoms with Crippen LogP contribution in [0.4, 0.5) is 5.69 Å². The molecular weight excluding hydrogens is 534 g/mol. The molecule has 1 atom stereocenters. The van der Waals surface area contributed by atoms with Crippen molar-refractivity contribution >= 4 is 27.5 Å². The van der Waals surface area contributed by atoms with E-state index in [1.165, 1.54) is 10.6 Å². The molecule has 0 spiro atoms. The zero-order chi connectivity index (χ0) is 30.0. The van der Waals surface area contributed by atoms with Gasteiger partial charge in [0.25, 0.3) is 0 Å². The Kier molecular flexibility index (Phi) is 11.5. The highest BCUT2D eigenvalue weighted by molar-refractivity contribution is 7.92. The van der Waals surface area contributed by atoms with Crippen molar-refractivity contribution in [1.29, 1.82) is 0 Å². The summed E-state index contributed by atoms with van der Waals surface area (Å²) in [6.07, 6.45) is 1.97. The van der Waals surface area contributed by atoms with Crippen LogP contribution in [0.3, 0.4) is 0 Å². The number of carbonyl (C=O) groups is 2. The number of rotatable bonds is 14. The lowest BCUT2D eigenvalue weighted by molar-refractivity contribution is -0.141. The van der Waals surface area contributed by atoms with Crippen LogP contribution in [0.5, 0.6) is 0 Å². The van der Waals surface area contributed by atoms with Crippen LogP contribution < -0.4 is 9.62 Å². The minimum absolute atomic E-state index is 0.104. The highest BCUT2D eigenvalue weighted by Crippen LogP contribution is 2.21. The average molecular weight is 578 g/mol. The molecule has 41 heavy (non-hydrogen) atoms. The first-order valence-electron chi connectivity index (χ1n) is 14.2. The fraction of sp³-hybridized carbons (Fsp3) is 0.394. The molecule has 1 N–H and O–H groups in total. The van der Waals surface area contributed by atoms with Crippen LogP contribution in [0.15, 0.2) is 78.9 Å². The van der Waals surface area contributed by atoms with E-state index in [1.54, 1.807) is 17.0 Å². The number of nitrogens with one attached hydrogen (secondary N) is 1. The molecule has 220 valence electrons. The van der Waals surface area contributed by atoms with Crippen LogP contribution in [-0.2, 0) is 32.6 Å². The molecule has 3 aromatic carbocycles. The monoisotopic (exact) mass is 577 g/mol. The summed E-state index contributed by atoms with van der Waals surface area (Å²) in [6, 6.07) is 24.1. The molecule has 0 radical (unpaired) electrons. The second-order valence-corrected chi connectivity index (χ2v) is 13.0. The Morgan fingerprint density at radius 3 is 2.12 bits per heavy atom. The molecule has 7 nitrogen and oxygen atoms in total. The zero-order valence-electron chi connectivity index (χ0n) is 24.8. The number of hydrogen-bond acceptors (Lipinski definition) is 4. The predicted octanol–water partition coefficient (Wildman–Crippen LogP) is 5.26. The minimum atomic E-state index is -3.54. The Bertz CT molecular complexity index is 1390. The molecule has 0 fully saturated rings. The second-order valence-electron chi connectivity index (χ2n) is 11.1. The van der Waals surface area contributed by atoms with Gasteiger partial charge in [-0.05, 0) is 55.0 Å². The summed E-state index contributed by atoms with van der Waals surface area (Å²) in [5, 5.41) is 3.04. The molecule has 3 rings (SSSR count). The van der Waals surface area contributed by atoms with Crippen molar-refractivity contribution in [3.05, 3.63) is 101 Å². The van der Waals surface area contributed by atoms with Gasteiger partial charge in [-0.2, -0.15) is 0 Å². The van der Waals surface area contributed by atoms with Crippen molar-refractivity contribution in [1.82, 2.24) is 10.2 Å². The van der Waals surface area contributed by atoms with E-state index in [9.17, 15) is 18.0 Å². The first-order valence-corrected chi connectivity index (χ1v) is 16.0. The second kappa shape index (κ2) is 14.8. The molecule has 0 aromatic heterocycles. The number of amides is 2. The van der Waals surface area contributed by atoms with Gasteiger partial charge in [-0.3, -0.25) is 13.9 Å². The van der Waals surface area contributed by atoms with E-state index >= 15 is 0 Å². The van der Waals surface area contributed by atoms with Gasteiger partial charge in [0, 0.05) is 32.5 Å². The molecule has 8 heteroatoms. The van der Waals surface area contributed by atoms with Gasteiger partial charge in [-0.1, -0.05) is 86.1 Å². The maximum Gasteiger partial charge on any atom is 0.243 e. The standard InChI is InChI=1S/C33H43N3O4S/c1-25(2)23-34-33(38)31(22-28-13-7-6-8-14-28)35(24-29-15-10-9-12-27(29)4)32(37)16-11-21-36(41(5,39)40)30-19-17-26(3)18-20-30/h6-10,12-15,17-20,25,31H,11,16,21-24H2,1-5H3,(H,34,38)/t31-/m1/s1. The smallest absolute Gasteiger partial charge is 0.243 e. The van der Waals surface area contributed by atoms with Crippen LogP contribution in [0.1, 0.15) is 48.9 Å². The van der Waals surface area contributed by atoms with Crippen LogP contribution in [0.2, 0.25) is 0 Å². The van der Waals surface area contributed by atoms with Gasteiger partial charge in [0.1, 0.15) is 6.04 Å². The highest BCUT2D eigenvalue weighted by Gasteiger charge is 2.31. The van der Waals surface area contributed by atoms with Crippen LogP contribution in [-0.4, -0.2) is 50.5 Å². The Morgan fingerprint density at radius 1 is 0.878 bits per heavy atom. The van der Waals surface area contributed by atoms with Gasteiger partial charge >= 0.3 is 0 Å². The van der Waals surface area contributed by atoms with Crippen molar-refractivity contribution in [2.24, 2.45) is 5.92 Å². The van der Waals surface area contributed by atoms with E-state index in [-0.39, 0.29) is 37.2 Å². The van der Waals surface area contributed by atoms with Gasteiger partial charge in [0.05, 0.1) is 11.9 Å². The summed E-state index contributed by atoms with van der Waals surface area (Å²) in [5.41, 5.74) is 4.56. The molecule has 0 aliphatic heterocycles. The molecule has 0 unspecified atom stereocenters. The topological polar surface area (TPSA) is 86.8 Å². The number of hydrogen-bond donors (Lipinski definition) is 1. The molecule has 0 bridgehead atoms. The maximum absolute atomic E-state index is 13.9. The van der Waals surface area contributed by atoms with Gasteiger partial charge in [-0.25, -0.2) is 8.42 Å². The summed E-state index contributed by atoms with van der Waals surface area (Å²) < 4.78 is 26.6. The average Bonchev–Trinajstić information content (AvgIpc) is 2.93. The fourth-order valence-electron chi connectivity index (χ4n) is 4.66. The lowest BCUT2D eigenvalue weighted by Crippen LogP contribution is -2.51. The van der Waals surface area contributed by atoms with E-state index in [2.05, 4.69) is 5.32 Å². The van der Waals surface area contributed by atoms with E-state index in [1.807, 2.05) is 94.4 Å². The molecular formula is C33H43N3O4S. The summed E-state index contributed by atoms with van der Waals surface area (Å²) >= 11 is 0. The van der Waals surface area contributed by atoms with Crippen LogP contribution in [0, 0.1) is 19.8 Å². The molecule has 0 aliphatic rings. The summed E-state index contributed by atoms with van der Waals surface area (Å²) in [4.78, 5) is 29.2. The van der Waals surface area contributed by atoms with Crippen molar-refractivity contribution < 1.29 is 18.0 Å².